The Labute approximate surface area is 145 Å². The standard InChI is InChI=1S/C14H22N4O6S/c19-13(16-10-5-8-1-2-9(6-10)15-8)12-4-3-11-7-17(12)14(20)18(11)24-25(21,22)23/h8-12,15H,1-7H2,(H,16,19)(H,21,22,23)/t8?,9?,10?,11-,12+/m1/s1. The lowest BCUT2D eigenvalue weighted by Crippen LogP contribution is -2.55. The van der Waals surface area contributed by atoms with Crippen LogP contribution in [0.3, 0.4) is 0 Å². The Balaban J connectivity index is 1.40. The molecular formula is C14H22N4O6S. The van der Waals surface area contributed by atoms with Gasteiger partial charge in [0.05, 0.1) is 6.04 Å². The lowest BCUT2D eigenvalue weighted by Gasteiger charge is -2.34. The summed E-state index contributed by atoms with van der Waals surface area (Å²) in [5, 5.41) is 7.23. The average molecular weight is 374 g/mol. The molecule has 140 valence electrons. The fourth-order valence-corrected chi connectivity index (χ4v) is 4.97. The van der Waals surface area contributed by atoms with Crippen LogP contribution in [0.1, 0.15) is 38.5 Å². The van der Waals surface area contributed by atoms with E-state index in [4.69, 9.17) is 4.55 Å². The molecule has 4 rings (SSSR count). The first-order chi connectivity index (χ1) is 11.8. The lowest BCUT2D eigenvalue weighted by atomic mass is 9.97. The fraction of sp³-hybridized carbons (Fsp3) is 0.857. The Morgan fingerprint density at radius 2 is 1.88 bits per heavy atom. The predicted molar refractivity (Wildman–Crippen MR) is 84.5 cm³/mol. The van der Waals surface area contributed by atoms with Gasteiger partial charge >= 0.3 is 16.4 Å². The summed E-state index contributed by atoms with van der Waals surface area (Å²) < 4.78 is 35.0. The van der Waals surface area contributed by atoms with Gasteiger partial charge in [-0.05, 0) is 38.5 Å². The third-order valence-electron chi connectivity index (χ3n) is 5.62. The summed E-state index contributed by atoms with van der Waals surface area (Å²) in [5.74, 6) is -0.202. The second kappa shape index (κ2) is 6.08. The molecular weight excluding hydrogens is 352 g/mol. The summed E-state index contributed by atoms with van der Waals surface area (Å²) in [5.41, 5.74) is 0. The summed E-state index contributed by atoms with van der Waals surface area (Å²) in [6.45, 7) is 0.212. The molecule has 0 spiro atoms. The highest BCUT2D eigenvalue weighted by atomic mass is 32.3. The van der Waals surface area contributed by atoms with Gasteiger partial charge in [-0.25, -0.2) is 4.79 Å². The van der Waals surface area contributed by atoms with Crippen molar-refractivity contribution in [3.8, 4) is 0 Å². The summed E-state index contributed by atoms with van der Waals surface area (Å²) in [6, 6.07) is -0.810. The zero-order valence-electron chi connectivity index (χ0n) is 13.6. The van der Waals surface area contributed by atoms with Crippen LogP contribution in [-0.4, -0.2) is 71.6 Å². The third-order valence-corrected chi connectivity index (χ3v) is 5.97. The predicted octanol–water partition coefficient (Wildman–Crippen LogP) is -0.611. The van der Waals surface area contributed by atoms with Crippen molar-refractivity contribution in [1.82, 2.24) is 20.6 Å². The monoisotopic (exact) mass is 374 g/mol. The number of nitrogens with zero attached hydrogens (tertiary/aromatic N) is 2. The minimum absolute atomic E-state index is 0.104. The number of rotatable bonds is 4. The minimum Gasteiger partial charge on any atom is -0.351 e. The number of carbonyl (C=O) groups is 2. The maximum Gasteiger partial charge on any atom is 0.418 e. The van der Waals surface area contributed by atoms with Gasteiger partial charge in [-0.3, -0.25) is 9.35 Å². The van der Waals surface area contributed by atoms with Gasteiger partial charge in [0.2, 0.25) is 5.91 Å². The van der Waals surface area contributed by atoms with Gasteiger partial charge in [0.1, 0.15) is 6.04 Å². The van der Waals surface area contributed by atoms with E-state index in [9.17, 15) is 18.0 Å². The molecule has 0 saturated carbocycles. The van der Waals surface area contributed by atoms with E-state index in [-0.39, 0.29) is 18.5 Å². The van der Waals surface area contributed by atoms with Crippen LogP contribution >= 0.6 is 0 Å². The maximum absolute atomic E-state index is 12.7. The number of nitrogens with one attached hydrogen (secondary N) is 2. The second-order valence-electron chi connectivity index (χ2n) is 7.32. The molecule has 0 aromatic carbocycles. The number of hydrogen-bond donors (Lipinski definition) is 3. The molecule has 2 unspecified atom stereocenters. The molecule has 4 heterocycles. The van der Waals surface area contributed by atoms with Crippen molar-refractivity contribution in [3.63, 3.8) is 0 Å². The highest BCUT2D eigenvalue weighted by Gasteiger charge is 2.49. The molecule has 0 aromatic heterocycles. The van der Waals surface area contributed by atoms with E-state index < -0.39 is 28.5 Å². The van der Waals surface area contributed by atoms with Crippen molar-refractivity contribution >= 4 is 22.3 Å². The molecule has 0 radical (unpaired) electrons. The van der Waals surface area contributed by atoms with Crippen LogP contribution in [0.25, 0.3) is 0 Å². The molecule has 4 fully saturated rings. The zero-order chi connectivity index (χ0) is 17.8. The lowest BCUT2D eigenvalue weighted by molar-refractivity contribution is -0.127. The summed E-state index contributed by atoms with van der Waals surface area (Å²) in [7, 11) is -4.77. The third kappa shape index (κ3) is 3.33. The molecule has 4 bridgehead atoms. The maximum atomic E-state index is 12.7. The quantitative estimate of drug-likeness (QED) is 0.560. The molecule has 4 aliphatic rings. The van der Waals surface area contributed by atoms with Crippen molar-refractivity contribution in [1.29, 1.82) is 0 Å². The number of hydroxylamine groups is 2. The Morgan fingerprint density at radius 1 is 1.20 bits per heavy atom. The molecule has 4 atom stereocenters. The van der Waals surface area contributed by atoms with Crippen LogP contribution < -0.4 is 10.6 Å². The minimum atomic E-state index is -4.77. The topological polar surface area (TPSA) is 128 Å². The van der Waals surface area contributed by atoms with E-state index in [1.165, 1.54) is 4.90 Å². The van der Waals surface area contributed by atoms with E-state index in [1.807, 2.05) is 0 Å². The van der Waals surface area contributed by atoms with Gasteiger partial charge in [0, 0.05) is 24.7 Å². The molecule has 0 aromatic rings. The van der Waals surface area contributed by atoms with Gasteiger partial charge in [-0.1, -0.05) is 0 Å². The van der Waals surface area contributed by atoms with Crippen LogP contribution in [0.5, 0.6) is 0 Å². The normalized spacial score (nSPS) is 37.5. The van der Waals surface area contributed by atoms with Gasteiger partial charge < -0.3 is 15.5 Å². The van der Waals surface area contributed by atoms with Crippen LogP contribution in [0.2, 0.25) is 0 Å². The highest BCUT2D eigenvalue weighted by Crippen LogP contribution is 2.31. The van der Waals surface area contributed by atoms with E-state index >= 15 is 0 Å². The van der Waals surface area contributed by atoms with Crippen molar-refractivity contribution in [2.24, 2.45) is 0 Å². The zero-order valence-corrected chi connectivity index (χ0v) is 14.4. The first-order valence-electron chi connectivity index (χ1n) is 8.63. The Kier molecular flexibility index (Phi) is 4.13. The fourth-order valence-electron chi connectivity index (χ4n) is 4.58. The first-order valence-corrected chi connectivity index (χ1v) is 10.00. The number of fused-ring (bicyclic) bond motifs is 4. The Bertz CT molecular complexity index is 673. The van der Waals surface area contributed by atoms with Gasteiger partial charge in [-0.2, -0.15) is 13.5 Å². The number of piperidine rings is 2. The van der Waals surface area contributed by atoms with Crippen molar-refractivity contribution in [2.45, 2.75) is 68.7 Å². The van der Waals surface area contributed by atoms with Crippen molar-refractivity contribution < 1.29 is 26.8 Å². The molecule has 4 aliphatic heterocycles. The second-order valence-corrected chi connectivity index (χ2v) is 8.33. The summed E-state index contributed by atoms with van der Waals surface area (Å²) in [6.07, 6.45) is 4.93. The SMILES string of the molecule is O=C(NC1CC2CCC(C1)N2)[C@@H]1CC[C@@H]2CN1C(=O)N2OS(=O)(=O)O. The number of carbonyl (C=O) groups excluding carboxylic acids is 2. The molecule has 11 heteroatoms. The van der Waals surface area contributed by atoms with Crippen LogP contribution in [0.15, 0.2) is 0 Å². The first kappa shape index (κ1) is 17.0. The number of urea groups is 1. The van der Waals surface area contributed by atoms with E-state index in [0.717, 1.165) is 25.7 Å². The Hall–Kier alpha value is -1.43. The summed E-state index contributed by atoms with van der Waals surface area (Å²) >= 11 is 0. The number of hydrogen-bond acceptors (Lipinski definition) is 6. The molecule has 10 nitrogen and oxygen atoms in total. The smallest absolute Gasteiger partial charge is 0.351 e. The van der Waals surface area contributed by atoms with Crippen LogP contribution in [0, 0.1) is 0 Å². The molecule has 25 heavy (non-hydrogen) atoms. The molecule has 3 N–H and O–H groups in total. The van der Waals surface area contributed by atoms with Gasteiger partial charge in [-0.15, -0.1) is 4.28 Å². The van der Waals surface area contributed by atoms with Crippen LogP contribution in [-0.2, 0) is 19.5 Å². The molecule has 3 amide bonds. The largest absolute Gasteiger partial charge is 0.418 e. The van der Waals surface area contributed by atoms with Gasteiger partial charge in [0.25, 0.3) is 0 Å². The van der Waals surface area contributed by atoms with E-state index in [2.05, 4.69) is 14.9 Å². The highest BCUT2D eigenvalue weighted by molar-refractivity contribution is 7.80. The van der Waals surface area contributed by atoms with Crippen molar-refractivity contribution in [3.05, 3.63) is 0 Å². The number of amides is 3. The average Bonchev–Trinajstić information content (AvgIpc) is 2.98. The summed E-state index contributed by atoms with van der Waals surface area (Å²) in [4.78, 5) is 26.3. The Morgan fingerprint density at radius 3 is 2.52 bits per heavy atom. The van der Waals surface area contributed by atoms with E-state index in [1.54, 1.807) is 0 Å². The molecule has 4 saturated heterocycles. The van der Waals surface area contributed by atoms with Crippen LogP contribution in [0.4, 0.5) is 4.79 Å². The van der Waals surface area contributed by atoms with Gasteiger partial charge in [0.15, 0.2) is 0 Å². The van der Waals surface area contributed by atoms with Crippen molar-refractivity contribution in [2.75, 3.05) is 6.54 Å². The van der Waals surface area contributed by atoms with E-state index in [0.29, 0.717) is 30.0 Å². The molecule has 0 aliphatic carbocycles.